The third kappa shape index (κ3) is 5.88. The lowest BCUT2D eigenvalue weighted by molar-refractivity contribution is -0.145. The van der Waals surface area contributed by atoms with Gasteiger partial charge in [-0.25, -0.2) is 0 Å². The smallest absolute Gasteiger partial charge is 0.306 e. The molecule has 90 valence electrons. The second-order valence-corrected chi connectivity index (χ2v) is 4.55. The van der Waals surface area contributed by atoms with Gasteiger partial charge in [0.15, 0.2) is 0 Å². The van der Waals surface area contributed by atoms with Gasteiger partial charge >= 0.3 is 5.97 Å². The third-order valence-corrected chi connectivity index (χ3v) is 2.73. The molecule has 0 aliphatic carbocycles. The summed E-state index contributed by atoms with van der Waals surface area (Å²) in [6.45, 7) is 4.74. The summed E-state index contributed by atoms with van der Waals surface area (Å²) in [5.74, 6) is -0.154. The molecule has 0 bridgehead atoms. The van der Waals surface area contributed by atoms with Crippen LogP contribution in [0.15, 0.2) is 16.8 Å². The van der Waals surface area contributed by atoms with Crippen LogP contribution >= 0.6 is 11.3 Å². The molecular weight excluding hydrogens is 224 g/mol. The fourth-order valence-electron chi connectivity index (χ4n) is 1.19. The van der Waals surface area contributed by atoms with Crippen molar-refractivity contribution in [1.29, 1.82) is 0 Å². The fraction of sp³-hybridized carbons (Fsp3) is 0.583. The van der Waals surface area contributed by atoms with Crippen LogP contribution in [-0.2, 0) is 20.7 Å². The van der Waals surface area contributed by atoms with Crippen LogP contribution in [-0.4, -0.2) is 25.3 Å². The molecule has 0 saturated carbocycles. The van der Waals surface area contributed by atoms with Crippen molar-refractivity contribution in [3.8, 4) is 0 Å². The van der Waals surface area contributed by atoms with E-state index in [4.69, 9.17) is 9.47 Å². The maximum atomic E-state index is 11.3. The van der Waals surface area contributed by atoms with Gasteiger partial charge in [-0.15, -0.1) is 0 Å². The summed E-state index contributed by atoms with van der Waals surface area (Å²) < 4.78 is 10.3. The van der Waals surface area contributed by atoms with E-state index in [1.165, 1.54) is 5.56 Å². The largest absolute Gasteiger partial charge is 0.463 e. The summed E-state index contributed by atoms with van der Waals surface area (Å²) in [5, 5.41) is 4.06. The lowest BCUT2D eigenvalue weighted by atomic mass is 10.2. The first kappa shape index (κ1) is 13.2. The van der Waals surface area contributed by atoms with E-state index in [-0.39, 0.29) is 12.1 Å². The van der Waals surface area contributed by atoms with E-state index in [9.17, 15) is 4.79 Å². The second-order valence-electron chi connectivity index (χ2n) is 3.77. The van der Waals surface area contributed by atoms with Crippen LogP contribution in [0, 0.1) is 0 Å². The highest BCUT2D eigenvalue weighted by Crippen LogP contribution is 2.08. The summed E-state index contributed by atoms with van der Waals surface area (Å²) in [5.41, 5.74) is 1.19. The minimum absolute atomic E-state index is 0.154. The maximum absolute atomic E-state index is 11.3. The Kier molecular flexibility index (Phi) is 6.11. The van der Waals surface area contributed by atoms with Crippen LogP contribution in [0.3, 0.4) is 0 Å². The van der Waals surface area contributed by atoms with Crippen molar-refractivity contribution in [2.24, 2.45) is 0 Å². The Morgan fingerprint density at radius 2 is 2.25 bits per heavy atom. The highest BCUT2D eigenvalue weighted by Gasteiger charge is 2.04. The molecule has 3 nitrogen and oxygen atoms in total. The number of aryl methyl sites for hydroxylation is 1. The zero-order chi connectivity index (χ0) is 11.8. The molecule has 0 aromatic carbocycles. The average molecular weight is 242 g/mol. The molecule has 16 heavy (non-hydrogen) atoms. The lowest BCUT2D eigenvalue weighted by Gasteiger charge is -2.07. The summed E-state index contributed by atoms with van der Waals surface area (Å²) in [4.78, 5) is 11.3. The molecule has 1 aromatic rings. The van der Waals surface area contributed by atoms with E-state index in [0.717, 1.165) is 6.42 Å². The van der Waals surface area contributed by atoms with Crippen LogP contribution in [0.2, 0.25) is 0 Å². The number of carbonyl (C=O) groups excluding carboxylic acids is 1. The molecule has 0 atom stereocenters. The van der Waals surface area contributed by atoms with Crippen LogP contribution in [0.4, 0.5) is 0 Å². The first-order valence-electron chi connectivity index (χ1n) is 5.47. The van der Waals surface area contributed by atoms with Gasteiger partial charge in [-0.2, -0.15) is 11.3 Å². The Bertz CT molecular complexity index is 293. The quantitative estimate of drug-likeness (QED) is 0.544. The minimum Gasteiger partial charge on any atom is -0.463 e. The second kappa shape index (κ2) is 7.41. The molecule has 1 aromatic heterocycles. The number of hydrogen-bond acceptors (Lipinski definition) is 4. The van der Waals surface area contributed by atoms with Crippen LogP contribution in [0.1, 0.15) is 25.8 Å². The predicted octanol–water partition coefficient (Wildman–Crippen LogP) is 2.65. The van der Waals surface area contributed by atoms with Gasteiger partial charge in [0.2, 0.25) is 0 Å². The normalized spacial score (nSPS) is 10.7. The number of hydrogen-bond donors (Lipinski definition) is 0. The summed E-state index contributed by atoms with van der Waals surface area (Å²) in [6, 6.07) is 2.03. The van der Waals surface area contributed by atoms with Crippen LogP contribution in [0.5, 0.6) is 0 Å². The van der Waals surface area contributed by atoms with Crippen molar-refractivity contribution in [2.45, 2.75) is 32.8 Å². The summed E-state index contributed by atoms with van der Waals surface area (Å²) in [6.07, 6.45) is 1.38. The van der Waals surface area contributed by atoms with Crippen molar-refractivity contribution in [2.75, 3.05) is 13.2 Å². The van der Waals surface area contributed by atoms with Crippen molar-refractivity contribution in [3.63, 3.8) is 0 Å². The van der Waals surface area contributed by atoms with Crippen molar-refractivity contribution < 1.29 is 14.3 Å². The first-order valence-corrected chi connectivity index (χ1v) is 6.41. The van der Waals surface area contributed by atoms with E-state index >= 15 is 0 Å². The molecule has 0 unspecified atom stereocenters. The molecule has 1 rings (SSSR count). The molecule has 1 heterocycles. The van der Waals surface area contributed by atoms with Crippen molar-refractivity contribution >= 4 is 17.3 Å². The standard InChI is InChI=1S/C12H18O3S/c1-10(2)14-6-7-15-12(13)4-3-11-5-8-16-9-11/h5,8-10H,3-4,6-7H2,1-2H3. The van der Waals surface area contributed by atoms with Gasteiger partial charge in [0.05, 0.1) is 12.7 Å². The number of esters is 1. The first-order chi connectivity index (χ1) is 7.68. The SMILES string of the molecule is CC(C)OCCOC(=O)CCc1ccsc1. The molecule has 0 aliphatic heterocycles. The van der Waals surface area contributed by atoms with Gasteiger partial charge in [-0.1, -0.05) is 0 Å². The van der Waals surface area contributed by atoms with Crippen molar-refractivity contribution in [1.82, 2.24) is 0 Å². The predicted molar refractivity (Wildman–Crippen MR) is 64.7 cm³/mol. The Morgan fingerprint density at radius 3 is 2.88 bits per heavy atom. The topological polar surface area (TPSA) is 35.5 Å². The molecular formula is C12H18O3S. The van der Waals surface area contributed by atoms with Crippen LogP contribution in [0.25, 0.3) is 0 Å². The number of thiophene rings is 1. The minimum atomic E-state index is -0.154. The molecule has 0 N–H and O–H groups in total. The zero-order valence-electron chi connectivity index (χ0n) is 9.77. The maximum Gasteiger partial charge on any atom is 0.306 e. The van der Waals surface area contributed by atoms with Gasteiger partial charge in [0.1, 0.15) is 6.61 Å². The van der Waals surface area contributed by atoms with Crippen molar-refractivity contribution in [3.05, 3.63) is 22.4 Å². The van der Waals surface area contributed by atoms with E-state index in [1.54, 1.807) is 11.3 Å². The summed E-state index contributed by atoms with van der Waals surface area (Å²) in [7, 11) is 0. The Hall–Kier alpha value is -0.870. The monoisotopic (exact) mass is 242 g/mol. The fourth-order valence-corrected chi connectivity index (χ4v) is 1.90. The highest BCUT2D eigenvalue weighted by molar-refractivity contribution is 7.07. The van der Waals surface area contributed by atoms with Gasteiger partial charge in [-0.3, -0.25) is 4.79 Å². The molecule has 0 saturated heterocycles. The lowest BCUT2D eigenvalue weighted by Crippen LogP contribution is -2.13. The molecule has 0 spiro atoms. The highest BCUT2D eigenvalue weighted by atomic mass is 32.1. The molecule has 4 heteroatoms. The Balaban J connectivity index is 2.03. The van der Waals surface area contributed by atoms with E-state index < -0.39 is 0 Å². The van der Waals surface area contributed by atoms with Gasteiger partial charge < -0.3 is 9.47 Å². The molecule has 0 fully saturated rings. The zero-order valence-corrected chi connectivity index (χ0v) is 10.6. The molecule has 0 amide bonds. The van der Waals surface area contributed by atoms with Gasteiger partial charge in [0, 0.05) is 6.42 Å². The number of ether oxygens (including phenoxy) is 2. The van der Waals surface area contributed by atoms with Gasteiger partial charge in [0.25, 0.3) is 0 Å². The average Bonchev–Trinajstić information content (AvgIpc) is 2.74. The number of rotatable bonds is 7. The Morgan fingerprint density at radius 1 is 1.44 bits per heavy atom. The van der Waals surface area contributed by atoms with E-state index in [0.29, 0.717) is 19.6 Å². The molecule has 0 aliphatic rings. The van der Waals surface area contributed by atoms with E-state index in [1.807, 2.05) is 25.3 Å². The Labute approximate surface area is 100 Å². The van der Waals surface area contributed by atoms with E-state index in [2.05, 4.69) is 5.38 Å². The molecule has 0 radical (unpaired) electrons. The number of carbonyl (C=O) groups is 1. The van der Waals surface area contributed by atoms with Crippen LogP contribution < -0.4 is 0 Å². The van der Waals surface area contributed by atoms with Gasteiger partial charge in [-0.05, 0) is 42.7 Å². The summed E-state index contributed by atoms with van der Waals surface area (Å²) >= 11 is 1.64. The third-order valence-electron chi connectivity index (χ3n) is 2.00.